The largest absolute Gasteiger partial charge is 0.454 e. The van der Waals surface area contributed by atoms with E-state index in [0.717, 1.165) is 10.0 Å². The first-order valence-corrected chi connectivity index (χ1v) is 7.28. The lowest BCUT2D eigenvalue weighted by atomic mass is 10.0. The molecular weight excluding hydrogens is 346 g/mol. The smallest absolute Gasteiger partial charge is 0.231 e. The molecule has 0 fully saturated rings. The van der Waals surface area contributed by atoms with Crippen LogP contribution in [0, 0.1) is 11.3 Å². The number of fused-ring (bicyclic) bond motifs is 1. The fourth-order valence-electron chi connectivity index (χ4n) is 2.10. The first-order valence-electron chi connectivity index (χ1n) is 6.49. The normalized spacial score (nSPS) is 12.8. The summed E-state index contributed by atoms with van der Waals surface area (Å²) in [5, 5.41) is 9.28. The second-order valence-electron chi connectivity index (χ2n) is 4.62. The molecule has 0 N–H and O–H groups in total. The van der Waals surface area contributed by atoms with Crippen molar-refractivity contribution in [2.75, 3.05) is 6.79 Å². The Kier molecular flexibility index (Phi) is 3.94. The summed E-state index contributed by atoms with van der Waals surface area (Å²) in [7, 11) is 0. The van der Waals surface area contributed by atoms with Gasteiger partial charge in [-0.1, -0.05) is 28.1 Å². The summed E-state index contributed by atoms with van der Waals surface area (Å²) in [6.07, 6.45) is 1.57. The Morgan fingerprint density at radius 2 is 2.00 bits per heavy atom. The molecule has 3 rings (SSSR count). The molecule has 0 spiro atoms. The monoisotopic (exact) mass is 355 g/mol. The Balaban J connectivity index is 1.94. The highest BCUT2D eigenvalue weighted by Crippen LogP contribution is 2.33. The van der Waals surface area contributed by atoms with Crippen LogP contribution in [0.4, 0.5) is 0 Å². The zero-order valence-corrected chi connectivity index (χ0v) is 13.0. The van der Waals surface area contributed by atoms with Crippen LogP contribution >= 0.6 is 15.9 Å². The number of nitrogens with zero attached hydrogens (tertiary/aromatic N) is 1. The fraction of sp³-hybridized carbons (Fsp3) is 0.0588. The number of halogens is 1. The second kappa shape index (κ2) is 6.04. The van der Waals surface area contributed by atoms with Crippen LogP contribution in [0.25, 0.3) is 6.08 Å². The number of benzene rings is 2. The van der Waals surface area contributed by atoms with Crippen molar-refractivity contribution < 1.29 is 14.3 Å². The van der Waals surface area contributed by atoms with Crippen LogP contribution in [0.1, 0.15) is 15.9 Å². The van der Waals surface area contributed by atoms with Gasteiger partial charge in [0.25, 0.3) is 0 Å². The molecule has 0 saturated heterocycles. The van der Waals surface area contributed by atoms with Crippen LogP contribution in [-0.4, -0.2) is 12.6 Å². The van der Waals surface area contributed by atoms with Crippen LogP contribution in [0.2, 0.25) is 0 Å². The van der Waals surface area contributed by atoms with E-state index < -0.39 is 0 Å². The van der Waals surface area contributed by atoms with Crippen molar-refractivity contribution in [1.82, 2.24) is 0 Å². The molecule has 0 bridgehead atoms. The van der Waals surface area contributed by atoms with E-state index in [4.69, 9.17) is 9.47 Å². The number of allylic oxidation sites excluding steroid dienone is 1. The van der Waals surface area contributed by atoms with Crippen molar-refractivity contribution in [1.29, 1.82) is 5.26 Å². The summed E-state index contributed by atoms with van der Waals surface area (Å²) < 4.78 is 11.3. The van der Waals surface area contributed by atoms with E-state index in [1.54, 1.807) is 24.3 Å². The first-order chi connectivity index (χ1) is 10.7. The van der Waals surface area contributed by atoms with Crippen molar-refractivity contribution in [2.45, 2.75) is 0 Å². The highest BCUT2D eigenvalue weighted by molar-refractivity contribution is 9.10. The molecule has 0 saturated carbocycles. The lowest BCUT2D eigenvalue weighted by molar-refractivity contribution is 0.103. The van der Waals surface area contributed by atoms with Crippen LogP contribution in [-0.2, 0) is 0 Å². The summed E-state index contributed by atoms with van der Waals surface area (Å²) >= 11 is 3.36. The minimum absolute atomic E-state index is 0.0666. The van der Waals surface area contributed by atoms with Gasteiger partial charge in [-0.05, 0) is 42.0 Å². The Hall–Kier alpha value is -2.58. The van der Waals surface area contributed by atoms with Gasteiger partial charge in [0.15, 0.2) is 11.5 Å². The number of rotatable bonds is 3. The van der Waals surface area contributed by atoms with Gasteiger partial charge in [-0.2, -0.15) is 5.26 Å². The summed E-state index contributed by atoms with van der Waals surface area (Å²) in [4.78, 5) is 12.5. The molecule has 0 radical (unpaired) electrons. The maximum Gasteiger partial charge on any atom is 0.231 e. The molecule has 1 heterocycles. The van der Waals surface area contributed by atoms with Crippen molar-refractivity contribution in [3.63, 3.8) is 0 Å². The summed E-state index contributed by atoms with van der Waals surface area (Å²) in [5.41, 5.74) is 1.24. The highest BCUT2D eigenvalue weighted by atomic mass is 79.9. The predicted octanol–water partition coefficient (Wildman–Crippen LogP) is 3.97. The van der Waals surface area contributed by atoms with Gasteiger partial charge in [0.2, 0.25) is 12.6 Å². The van der Waals surface area contributed by atoms with Crippen LogP contribution < -0.4 is 9.47 Å². The molecule has 108 valence electrons. The van der Waals surface area contributed by atoms with Gasteiger partial charge in [-0.3, -0.25) is 4.79 Å². The van der Waals surface area contributed by atoms with E-state index in [0.29, 0.717) is 17.1 Å². The maximum absolute atomic E-state index is 12.5. The molecule has 4 nitrogen and oxygen atoms in total. The van der Waals surface area contributed by atoms with Crippen molar-refractivity contribution in [3.8, 4) is 17.6 Å². The number of ketones is 1. The molecule has 1 aliphatic heterocycles. The van der Waals surface area contributed by atoms with Crippen LogP contribution in [0.15, 0.2) is 52.5 Å². The van der Waals surface area contributed by atoms with E-state index in [-0.39, 0.29) is 18.1 Å². The van der Waals surface area contributed by atoms with E-state index >= 15 is 0 Å². The fourth-order valence-corrected chi connectivity index (χ4v) is 2.52. The Labute approximate surface area is 135 Å². The molecule has 0 aliphatic carbocycles. The molecule has 0 aromatic heterocycles. The molecule has 2 aromatic rings. The number of carbonyl (C=O) groups excluding carboxylic acids is 1. The van der Waals surface area contributed by atoms with E-state index in [2.05, 4.69) is 15.9 Å². The number of carbonyl (C=O) groups is 1. The molecule has 1 aliphatic rings. The summed E-state index contributed by atoms with van der Waals surface area (Å²) in [5.74, 6) is 0.775. The van der Waals surface area contributed by atoms with Crippen molar-refractivity contribution in [3.05, 3.63) is 63.6 Å². The lowest BCUT2D eigenvalue weighted by Crippen LogP contribution is -2.02. The average Bonchev–Trinajstić information content (AvgIpc) is 2.99. The minimum atomic E-state index is -0.347. The summed E-state index contributed by atoms with van der Waals surface area (Å²) in [6.45, 7) is 0.145. The number of hydrogen-bond donors (Lipinski definition) is 0. The van der Waals surface area contributed by atoms with Crippen molar-refractivity contribution >= 4 is 27.8 Å². The zero-order chi connectivity index (χ0) is 15.5. The molecule has 22 heavy (non-hydrogen) atoms. The van der Waals surface area contributed by atoms with E-state index in [1.807, 2.05) is 30.3 Å². The van der Waals surface area contributed by atoms with Crippen LogP contribution in [0.3, 0.4) is 0 Å². The number of hydrogen-bond acceptors (Lipinski definition) is 4. The third-order valence-electron chi connectivity index (χ3n) is 3.16. The standard InChI is InChI=1S/C17H10BrNO3/c18-14-3-1-2-11(7-14)6-13(9-19)17(20)12-4-5-15-16(8-12)22-10-21-15/h1-8H,10H2. The predicted molar refractivity (Wildman–Crippen MR) is 84.6 cm³/mol. The topological polar surface area (TPSA) is 59.3 Å². The molecule has 0 unspecified atom stereocenters. The molecule has 2 aromatic carbocycles. The minimum Gasteiger partial charge on any atom is -0.454 e. The number of nitriles is 1. The lowest BCUT2D eigenvalue weighted by Gasteiger charge is -2.02. The molecule has 0 amide bonds. The van der Waals surface area contributed by atoms with E-state index in [1.165, 1.54) is 0 Å². The first kappa shape index (κ1) is 14.4. The Morgan fingerprint density at radius 3 is 2.77 bits per heavy atom. The van der Waals surface area contributed by atoms with Crippen molar-refractivity contribution in [2.24, 2.45) is 0 Å². The zero-order valence-electron chi connectivity index (χ0n) is 11.4. The highest BCUT2D eigenvalue weighted by Gasteiger charge is 2.18. The molecular formula is C17H10BrNO3. The Bertz CT molecular complexity index is 821. The van der Waals surface area contributed by atoms with Gasteiger partial charge < -0.3 is 9.47 Å². The average molecular weight is 356 g/mol. The van der Waals surface area contributed by atoms with Gasteiger partial charge >= 0.3 is 0 Å². The van der Waals surface area contributed by atoms with Gasteiger partial charge in [-0.25, -0.2) is 0 Å². The van der Waals surface area contributed by atoms with Gasteiger partial charge in [0.05, 0.1) is 0 Å². The second-order valence-corrected chi connectivity index (χ2v) is 5.54. The maximum atomic E-state index is 12.5. The van der Waals surface area contributed by atoms with Gasteiger partial charge in [0, 0.05) is 10.0 Å². The third-order valence-corrected chi connectivity index (χ3v) is 3.65. The molecule has 0 atom stereocenters. The van der Waals surface area contributed by atoms with Gasteiger partial charge in [-0.15, -0.1) is 0 Å². The molecule has 5 heteroatoms. The summed E-state index contributed by atoms with van der Waals surface area (Å²) in [6, 6.07) is 14.2. The quantitative estimate of drug-likeness (QED) is 0.474. The number of Topliss-reactive ketones (excluding diaryl/α,β-unsaturated/α-hetero) is 1. The van der Waals surface area contributed by atoms with Gasteiger partial charge in [0.1, 0.15) is 11.6 Å². The van der Waals surface area contributed by atoms with Crippen LogP contribution in [0.5, 0.6) is 11.5 Å². The van der Waals surface area contributed by atoms with E-state index in [9.17, 15) is 10.1 Å². The SMILES string of the molecule is N#CC(=Cc1cccc(Br)c1)C(=O)c1ccc2c(c1)OCO2. The third kappa shape index (κ3) is 2.87. The Morgan fingerprint density at radius 1 is 1.18 bits per heavy atom. The number of ether oxygens (including phenoxy) is 2.